The zero-order valence-corrected chi connectivity index (χ0v) is 15.6. The second-order valence-corrected chi connectivity index (χ2v) is 9.70. The molecule has 0 amide bonds. The Morgan fingerprint density at radius 2 is 1.55 bits per heavy atom. The van der Waals surface area contributed by atoms with E-state index in [0.29, 0.717) is 30.1 Å². The summed E-state index contributed by atoms with van der Waals surface area (Å²) in [6, 6.07) is 6.27. The van der Waals surface area contributed by atoms with Gasteiger partial charge in [-0.05, 0) is 32.9 Å². The predicted molar refractivity (Wildman–Crippen MR) is 87.6 cm³/mol. The van der Waals surface area contributed by atoms with Crippen molar-refractivity contribution in [1.29, 1.82) is 0 Å². The Morgan fingerprint density at radius 1 is 1.05 bits per heavy atom. The topological polar surface area (TPSA) is 82.1 Å². The van der Waals surface area contributed by atoms with E-state index in [2.05, 4.69) is 0 Å². The maximum atomic E-state index is 11.4. The van der Waals surface area contributed by atoms with Gasteiger partial charge in [0.1, 0.15) is 4.90 Å². The first-order valence-electron chi connectivity index (χ1n) is 6.99. The van der Waals surface area contributed by atoms with Crippen LogP contribution in [0.15, 0.2) is 34.1 Å². The molecule has 0 saturated carbocycles. The number of hydrogen-bond donors (Lipinski definition) is 1. The van der Waals surface area contributed by atoms with Gasteiger partial charge in [-0.2, -0.15) is 8.42 Å². The quantitative estimate of drug-likeness (QED) is 0.387. The van der Waals surface area contributed by atoms with Crippen molar-refractivity contribution in [3.63, 3.8) is 0 Å². The highest BCUT2D eigenvalue weighted by Crippen LogP contribution is 2.29. The molecule has 0 aromatic heterocycles. The van der Waals surface area contributed by atoms with Crippen LogP contribution in [0.1, 0.15) is 20.8 Å². The van der Waals surface area contributed by atoms with Crippen molar-refractivity contribution >= 4 is 30.7 Å². The van der Waals surface area contributed by atoms with Crippen LogP contribution in [0.5, 0.6) is 0 Å². The van der Waals surface area contributed by atoms with Gasteiger partial charge in [0.2, 0.25) is 0 Å². The van der Waals surface area contributed by atoms with Gasteiger partial charge in [0, 0.05) is 24.7 Å². The highest BCUT2D eigenvalue weighted by atomic mass is 32.2. The highest BCUT2D eigenvalue weighted by Gasteiger charge is 2.41. The Bertz CT molecular complexity index is 546. The fraction of sp³-hybridized carbons (Fsp3) is 0.538. The smallest absolute Gasteiger partial charge is 0.373 e. The summed E-state index contributed by atoms with van der Waals surface area (Å²) >= 11 is 1.25. The normalized spacial score (nSPS) is 12.5. The molecule has 0 saturated heterocycles. The lowest BCUT2D eigenvalue weighted by molar-refractivity contribution is 0.0773. The molecule has 0 heterocycles. The maximum Gasteiger partial charge on any atom is 0.511 e. The molecule has 0 atom stereocenters. The van der Waals surface area contributed by atoms with E-state index in [-0.39, 0.29) is 4.90 Å². The molecule has 22 heavy (non-hydrogen) atoms. The van der Waals surface area contributed by atoms with Crippen molar-refractivity contribution in [3.8, 4) is 0 Å². The lowest BCUT2D eigenvalue weighted by atomic mass is 10.4. The predicted octanol–water partition coefficient (Wildman–Crippen LogP) is 2.61. The molecule has 126 valence electrons. The van der Waals surface area contributed by atoms with Crippen LogP contribution in [0.2, 0.25) is 0 Å². The summed E-state index contributed by atoms with van der Waals surface area (Å²) in [6.45, 7) is 6.93. The molecule has 0 unspecified atom stereocenters. The lowest BCUT2D eigenvalue weighted by Gasteiger charge is -2.28. The molecule has 0 radical (unpaired) electrons. The summed E-state index contributed by atoms with van der Waals surface area (Å²) in [5.41, 5.74) is 0. The number of rotatable bonds is 10. The Balaban J connectivity index is 2.98. The van der Waals surface area contributed by atoms with Crippen molar-refractivity contribution < 1.29 is 26.2 Å². The number of hydrogen-bond acceptors (Lipinski definition) is 6. The van der Waals surface area contributed by atoms with Crippen molar-refractivity contribution in [2.45, 2.75) is 30.6 Å². The molecular formula is C13H22O6S2Si. The Hall–Kier alpha value is -0.423. The van der Waals surface area contributed by atoms with Crippen LogP contribution >= 0.6 is 11.8 Å². The highest BCUT2D eigenvalue weighted by molar-refractivity contribution is 8.01. The van der Waals surface area contributed by atoms with Crippen LogP contribution in [-0.4, -0.2) is 47.0 Å². The van der Waals surface area contributed by atoms with Gasteiger partial charge >= 0.3 is 8.80 Å². The SMILES string of the molecule is CCO[Si](CSc1ccccc1S(=O)(=O)O)(OCC)OCC. The minimum absolute atomic E-state index is 0.118. The molecule has 1 N–H and O–H groups in total. The Labute approximate surface area is 137 Å². The van der Waals surface area contributed by atoms with Crippen molar-refractivity contribution in [1.82, 2.24) is 0 Å². The van der Waals surface area contributed by atoms with E-state index in [1.54, 1.807) is 18.2 Å². The molecule has 9 heteroatoms. The average Bonchev–Trinajstić information content (AvgIpc) is 2.45. The summed E-state index contributed by atoms with van der Waals surface area (Å²) in [7, 11) is -7.14. The zero-order chi connectivity index (χ0) is 16.6. The molecule has 0 aliphatic heterocycles. The van der Waals surface area contributed by atoms with E-state index in [1.165, 1.54) is 17.8 Å². The minimum atomic E-state index is -4.27. The summed E-state index contributed by atoms with van der Waals surface area (Å²) in [5, 5.41) is 0.370. The largest absolute Gasteiger partial charge is 0.511 e. The van der Waals surface area contributed by atoms with Gasteiger partial charge in [-0.3, -0.25) is 4.55 Å². The number of benzene rings is 1. The second-order valence-electron chi connectivity index (χ2n) is 4.19. The van der Waals surface area contributed by atoms with E-state index in [9.17, 15) is 13.0 Å². The van der Waals surface area contributed by atoms with Crippen molar-refractivity contribution in [2.75, 3.05) is 25.2 Å². The molecule has 6 nitrogen and oxygen atoms in total. The van der Waals surface area contributed by atoms with E-state index in [4.69, 9.17) is 13.3 Å². The lowest BCUT2D eigenvalue weighted by Crippen LogP contribution is -2.49. The third kappa shape index (κ3) is 5.65. The van der Waals surface area contributed by atoms with Gasteiger partial charge in [0.25, 0.3) is 10.1 Å². The molecule has 0 bridgehead atoms. The Morgan fingerprint density at radius 3 is 2.00 bits per heavy atom. The van der Waals surface area contributed by atoms with E-state index in [0.717, 1.165) is 0 Å². The molecule has 0 aliphatic rings. The van der Waals surface area contributed by atoms with E-state index in [1.807, 2.05) is 20.8 Å². The maximum absolute atomic E-state index is 11.4. The van der Waals surface area contributed by atoms with Gasteiger partial charge < -0.3 is 13.3 Å². The first kappa shape index (κ1) is 19.6. The molecule has 0 spiro atoms. The molecular weight excluding hydrogens is 344 g/mol. The Kier molecular flexibility index (Phi) is 8.04. The van der Waals surface area contributed by atoms with E-state index >= 15 is 0 Å². The molecule has 0 aliphatic carbocycles. The van der Waals surface area contributed by atoms with Crippen LogP contribution in [-0.2, 0) is 23.4 Å². The average molecular weight is 367 g/mol. The molecule has 1 aromatic rings. The molecule has 1 aromatic carbocycles. The monoisotopic (exact) mass is 366 g/mol. The van der Waals surface area contributed by atoms with Gasteiger partial charge in [0.05, 0.1) is 5.38 Å². The van der Waals surface area contributed by atoms with Gasteiger partial charge in [-0.25, -0.2) is 0 Å². The number of thioether (sulfide) groups is 1. The van der Waals surface area contributed by atoms with Crippen molar-refractivity contribution in [2.24, 2.45) is 0 Å². The van der Waals surface area contributed by atoms with Crippen LogP contribution in [0.3, 0.4) is 0 Å². The fourth-order valence-corrected chi connectivity index (χ4v) is 7.21. The van der Waals surface area contributed by atoms with Gasteiger partial charge in [-0.1, -0.05) is 12.1 Å². The zero-order valence-electron chi connectivity index (χ0n) is 12.9. The summed E-state index contributed by atoms with van der Waals surface area (Å²) in [4.78, 5) is 0.327. The standard InChI is InChI=1S/C13H22O6S2Si/c1-4-17-22(18-5-2,19-6-3)11-20-12-9-7-8-10-13(12)21(14,15)16/h7-10H,4-6,11H2,1-3H3,(H,14,15,16). The summed E-state index contributed by atoms with van der Waals surface area (Å²) in [5.74, 6) is 0. The third-order valence-corrected chi connectivity index (χ3v) is 8.51. The minimum Gasteiger partial charge on any atom is -0.373 e. The van der Waals surface area contributed by atoms with Crippen LogP contribution < -0.4 is 0 Å². The van der Waals surface area contributed by atoms with Crippen molar-refractivity contribution in [3.05, 3.63) is 24.3 Å². The molecule has 1 rings (SSSR count). The van der Waals surface area contributed by atoms with Crippen LogP contribution in [0.4, 0.5) is 0 Å². The fourth-order valence-electron chi connectivity index (χ4n) is 1.86. The van der Waals surface area contributed by atoms with Gasteiger partial charge in [-0.15, -0.1) is 11.8 Å². The van der Waals surface area contributed by atoms with E-state index < -0.39 is 18.9 Å². The molecule has 0 fully saturated rings. The van der Waals surface area contributed by atoms with Crippen LogP contribution in [0, 0.1) is 0 Å². The first-order chi connectivity index (χ1) is 10.4. The van der Waals surface area contributed by atoms with Gasteiger partial charge in [0.15, 0.2) is 0 Å². The third-order valence-electron chi connectivity index (χ3n) is 2.62. The first-order valence-corrected chi connectivity index (χ1v) is 11.4. The summed E-state index contributed by atoms with van der Waals surface area (Å²) < 4.78 is 49.3. The van der Waals surface area contributed by atoms with Crippen LogP contribution in [0.25, 0.3) is 0 Å². The second kappa shape index (κ2) is 9.01. The summed E-state index contributed by atoms with van der Waals surface area (Å²) in [6.07, 6.45) is 0.